The van der Waals surface area contributed by atoms with Crippen LogP contribution >= 0.6 is 0 Å². The zero-order valence-electron chi connectivity index (χ0n) is 24.0. The third-order valence-electron chi connectivity index (χ3n) is 10.1. The molecule has 4 fully saturated rings. The van der Waals surface area contributed by atoms with Gasteiger partial charge < -0.3 is 20.3 Å². The number of hydrogen-bond acceptors (Lipinski definition) is 4. The van der Waals surface area contributed by atoms with Crippen molar-refractivity contribution in [1.29, 1.82) is 0 Å². The molecule has 39 heavy (non-hydrogen) atoms. The second kappa shape index (κ2) is 11.9. The molecule has 3 aliphatic carbocycles. The molecule has 1 aromatic rings. The van der Waals surface area contributed by atoms with Crippen LogP contribution in [0.1, 0.15) is 97.8 Å². The van der Waals surface area contributed by atoms with E-state index in [0.717, 1.165) is 70.0 Å². The molecule has 214 valence electrons. The van der Waals surface area contributed by atoms with Crippen LogP contribution in [0.25, 0.3) is 0 Å². The lowest BCUT2D eigenvalue weighted by Crippen LogP contribution is -2.57. The van der Waals surface area contributed by atoms with E-state index in [9.17, 15) is 14.4 Å². The molecule has 0 bridgehead atoms. The van der Waals surface area contributed by atoms with Crippen LogP contribution in [0.2, 0.25) is 0 Å². The molecule has 5 rings (SSSR count). The zero-order chi connectivity index (χ0) is 27.6. The first-order valence-corrected chi connectivity index (χ1v) is 15.5. The largest absolute Gasteiger partial charge is 0.494 e. The van der Waals surface area contributed by atoms with E-state index in [2.05, 4.69) is 24.5 Å². The number of benzene rings is 1. The molecule has 1 aromatic carbocycles. The summed E-state index contributed by atoms with van der Waals surface area (Å²) in [6.07, 6.45) is 12.4. The minimum atomic E-state index is -0.569. The summed E-state index contributed by atoms with van der Waals surface area (Å²) in [7, 11) is 0. The quantitative estimate of drug-likeness (QED) is 0.468. The molecule has 0 radical (unpaired) electrons. The van der Waals surface area contributed by atoms with Crippen LogP contribution in [0.4, 0.5) is 5.69 Å². The lowest BCUT2D eigenvalue weighted by Gasteiger charge is -2.45. The summed E-state index contributed by atoms with van der Waals surface area (Å²) in [6, 6.07) is 7.17. The Balaban J connectivity index is 1.43. The summed E-state index contributed by atoms with van der Waals surface area (Å²) >= 11 is 0. The van der Waals surface area contributed by atoms with Crippen molar-refractivity contribution in [3.63, 3.8) is 0 Å². The predicted molar refractivity (Wildman–Crippen MR) is 152 cm³/mol. The Morgan fingerprint density at radius 3 is 2.23 bits per heavy atom. The Kier molecular flexibility index (Phi) is 8.53. The highest BCUT2D eigenvalue weighted by atomic mass is 16.5. The lowest BCUT2D eigenvalue weighted by molar-refractivity contribution is -0.143. The van der Waals surface area contributed by atoms with Gasteiger partial charge in [0.2, 0.25) is 17.7 Å². The Labute approximate surface area is 233 Å². The summed E-state index contributed by atoms with van der Waals surface area (Å²) in [5.41, 5.74) is 0.129. The van der Waals surface area contributed by atoms with Crippen LogP contribution in [0.5, 0.6) is 5.75 Å². The standard InChI is InChI=1S/C32H47N3O4/c1-4-39-25-17-15-23(16-18-25)33-29(36)26-21(2)19-20-32(3)27(26)31(38)35(24-13-9-6-10-14-24)28(32)30(37)34-22-11-7-5-8-12-22/h15-18,21-22,24,26-28H,4-14,19-20H2,1-3H3,(H,33,36)(H,34,37)/t21-,26?,27-,28?,32?/m0/s1. The number of likely N-dealkylation sites (tertiary alicyclic amines) is 1. The maximum Gasteiger partial charge on any atom is 0.243 e. The lowest BCUT2D eigenvalue weighted by atomic mass is 9.58. The van der Waals surface area contributed by atoms with E-state index in [4.69, 9.17) is 4.74 Å². The normalized spacial score (nSPS) is 32.0. The molecule has 7 nitrogen and oxygen atoms in total. The van der Waals surface area contributed by atoms with Crippen LogP contribution < -0.4 is 15.4 Å². The molecule has 5 atom stereocenters. The predicted octanol–water partition coefficient (Wildman–Crippen LogP) is 5.68. The number of carbonyl (C=O) groups excluding carboxylic acids is 3. The van der Waals surface area contributed by atoms with Crippen LogP contribution in [0.15, 0.2) is 24.3 Å². The first-order valence-electron chi connectivity index (χ1n) is 15.5. The average Bonchev–Trinajstić information content (AvgIpc) is 3.18. The molecular formula is C32H47N3O4. The molecule has 1 heterocycles. The van der Waals surface area contributed by atoms with Gasteiger partial charge in [-0.1, -0.05) is 52.4 Å². The first kappa shape index (κ1) is 28.0. The Morgan fingerprint density at radius 1 is 0.949 bits per heavy atom. The van der Waals surface area contributed by atoms with Crippen molar-refractivity contribution in [3.05, 3.63) is 24.3 Å². The fourth-order valence-electron chi connectivity index (χ4n) is 8.10. The van der Waals surface area contributed by atoms with E-state index in [0.29, 0.717) is 12.3 Å². The molecule has 4 aliphatic rings. The van der Waals surface area contributed by atoms with Gasteiger partial charge in [0.15, 0.2) is 0 Å². The van der Waals surface area contributed by atoms with Gasteiger partial charge in [0.05, 0.1) is 18.4 Å². The summed E-state index contributed by atoms with van der Waals surface area (Å²) < 4.78 is 5.54. The van der Waals surface area contributed by atoms with Crippen LogP contribution in [-0.4, -0.2) is 47.4 Å². The average molecular weight is 538 g/mol. The van der Waals surface area contributed by atoms with Crippen molar-refractivity contribution < 1.29 is 19.1 Å². The van der Waals surface area contributed by atoms with E-state index in [1.54, 1.807) is 0 Å². The Bertz CT molecular complexity index is 1030. The van der Waals surface area contributed by atoms with Gasteiger partial charge in [-0.25, -0.2) is 0 Å². The molecule has 3 amide bonds. The Hall–Kier alpha value is -2.57. The topological polar surface area (TPSA) is 87.7 Å². The van der Waals surface area contributed by atoms with Gasteiger partial charge in [-0.2, -0.15) is 0 Å². The molecule has 3 saturated carbocycles. The second-order valence-corrected chi connectivity index (χ2v) is 12.8. The smallest absolute Gasteiger partial charge is 0.243 e. The minimum absolute atomic E-state index is 0.00560. The van der Waals surface area contributed by atoms with Crippen molar-refractivity contribution in [2.75, 3.05) is 11.9 Å². The number of anilines is 1. The van der Waals surface area contributed by atoms with Gasteiger partial charge >= 0.3 is 0 Å². The van der Waals surface area contributed by atoms with Crippen molar-refractivity contribution in [2.45, 2.75) is 116 Å². The van der Waals surface area contributed by atoms with Gasteiger partial charge in [-0.15, -0.1) is 0 Å². The SMILES string of the molecule is CCOc1ccc(NC(=O)C2[C@H]3C(=O)N(C4CCCCC4)C(C(=O)NC4CCCCC4)C3(C)CC[C@@H]2C)cc1. The number of amides is 3. The maximum atomic E-state index is 14.4. The highest BCUT2D eigenvalue weighted by Gasteiger charge is 2.65. The number of ether oxygens (including phenoxy) is 1. The van der Waals surface area contributed by atoms with Gasteiger partial charge in [0.25, 0.3) is 0 Å². The van der Waals surface area contributed by atoms with Crippen molar-refractivity contribution in [1.82, 2.24) is 10.2 Å². The van der Waals surface area contributed by atoms with Crippen molar-refractivity contribution in [2.24, 2.45) is 23.2 Å². The number of rotatable bonds is 7. The highest BCUT2D eigenvalue weighted by molar-refractivity contribution is 6.00. The fourth-order valence-corrected chi connectivity index (χ4v) is 8.10. The minimum Gasteiger partial charge on any atom is -0.494 e. The highest BCUT2D eigenvalue weighted by Crippen LogP contribution is 2.56. The third kappa shape index (κ3) is 5.55. The molecule has 7 heteroatoms. The maximum absolute atomic E-state index is 14.4. The molecule has 1 saturated heterocycles. The van der Waals surface area contributed by atoms with Gasteiger partial charge in [0, 0.05) is 23.2 Å². The summed E-state index contributed by atoms with van der Waals surface area (Å²) in [5, 5.41) is 6.47. The fraction of sp³-hybridized carbons (Fsp3) is 0.719. The van der Waals surface area contributed by atoms with Gasteiger partial charge in [-0.05, 0) is 75.6 Å². The van der Waals surface area contributed by atoms with E-state index in [1.807, 2.05) is 36.1 Å². The van der Waals surface area contributed by atoms with Crippen LogP contribution in [0.3, 0.4) is 0 Å². The summed E-state index contributed by atoms with van der Waals surface area (Å²) in [4.78, 5) is 44.4. The molecular weight excluding hydrogens is 490 g/mol. The van der Waals surface area contributed by atoms with E-state index in [1.165, 1.54) is 12.8 Å². The molecule has 1 aliphatic heterocycles. The zero-order valence-corrected chi connectivity index (χ0v) is 24.0. The van der Waals surface area contributed by atoms with Gasteiger partial charge in [0.1, 0.15) is 11.8 Å². The van der Waals surface area contributed by atoms with Crippen LogP contribution in [0, 0.1) is 23.2 Å². The first-order chi connectivity index (χ1) is 18.8. The van der Waals surface area contributed by atoms with E-state index >= 15 is 0 Å². The molecule has 0 aromatic heterocycles. The molecule has 3 unspecified atom stereocenters. The number of hydrogen-bond donors (Lipinski definition) is 2. The van der Waals surface area contributed by atoms with Crippen molar-refractivity contribution in [3.8, 4) is 5.75 Å². The van der Waals surface area contributed by atoms with Gasteiger partial charge in [-0.3, -0.25) is 14.4 Å². The molecule has 2 N–H and O–H groups in total. The Morgan fingerprint density at radius 2 is 1.59 bits per heavy atom. The monoisotopic (exact) mass is 537 g/mol. The molecule has 0 spiro atoms. The number of nitrogens with one attached hydrogen (secondary N) is 2. The summed E-state index contributed by atoms with van der Waals surface area (Å²) in [6.45, 7) is 6.73. The van der Waals surface area contributed by atoms with E-state index in [-0.39, 0.29) is 35.7 Å². The second-order valence-electron chi connectivity index (χ2n) is 12.8. The number of carbonyl (C=O) groups is 3. The third-order valence-corrected chi connectivity index (χ3v) is 10.1. The summed E-state index contributed by atoms with van der Waals surface area (Å²) in [5.74, 6) is -0.238. The number of fused-ring (bicyclic) bond motifs is 1. The number of nitrogens with zero attached hydrogens (tertiary/aromatic N) is 1. The van der Waals surface area contributed by atoms with E-state index < -0.39 is 23.3 Å². The van der Waals surface area contributed by atoms with Crippen molar-refractivity contribution >= 4 is 23.4 Å². The van der Waals surface area contributed by atoms with Crippen LogP contribution in [-0.2, 0) is 14.4 Å².